The Labute approximate surface area is 203 Å². The molecule has 7 nitrogen and oxygen atoms in total. The number of nitrogens with zero attached hydrogens (tertiary/aromatic N) is 5. The van der Waals surface area contributed by atoms with Crippen LogP contribution < -0.4 is 5.62 Å². The van der Waals surface area contributed by atoms with Crippen LogP contribution in [0.2, 0.25) is 10.0 Å². The number of aliphatic hydroxyl groups excluding tert-OH is 1. The molecule has 2 N–H and O–H groups in total. The predicted octanol–water partition coefficient (Wildman–Crippen LogP) is 4.73. The first-order chi connectivity index (χ1) is 16.4. The maximum Gasteiger partial charge on any atom is 0.203 e. The molecule has 0 amide bonds. The second kappa shape index (κ2) is 9.06. The number of benzene rings is 3. The van der Waals surface area contributed by atoms with Gasteiger partial charge in [-0.15, -0.1) is 5.10 Å². The van der Waals surface area contributed by atoms with Gasteiger partial charge >= 0.3 is 0 Å². The number of aromatic nitrogens is 5. The summed E-state index contributed by atoms with van der Waals surface area (Å²) in [4.78, 5) is 0. The first-order valence-corrected chi connectivity index (χ1v) is 11.2. The van der Waals surface area contributed by atoms with Crippen LogP contribution >= 0.6 is 23.2 Å². The van der Waals surface area contributed by atoms with E-state index in [9.17, 15) is 9.50 Å². The van der Waals surface area contributed by atoms with Crippen molar-refractivity contribution < 1.29 is 9.50 Å². The van der Waals surface area contributed by atoms with Crippen molar-refractivity contribution in [3.8, 4) is 5.69 Å². The Kier molecular flexibility index (Phi) is 5.95. The van der Waals surface area contributed by atoms with Crippen molar-refractivity contribution in [1.29, 1.82) is 5.41 Å². The maximum atomic E-state index is 14.1. The molecule has 0 aliphatic rings. The molecular weight excluding hydrogens is 478 g/mol. The van der Waals surface area contributed by atoms with Crippen molar-refractivity contribution in [2.45, 2.75) is 19.2 Å². The van der Waals surface area contributed by atoms with Gasteiger partial charge in [0.15, 0.2) is 0 Å². The Hall–Kier alpha value is -3.46. The SMILES string of the molecule is N=c1n(Cc2cn(-c3ccccc3F)nn2)c2ccccc2n1CC(O)c1ccc(Cl)c(Cl)c1. The summed E-state index contributed by atoms with van der Waals surface area (Å²) < 4.78 is 19.0. The number of hydrogen-bond donors (Lipinski definition) is 2. The fraction of sp³-hybridized carbons (Fsp3) is 0.125. The van der Waals surface area contributed by atoms with E-state index in [4.69, 9.17) is 28.6 Å². The highest BCUT2D eigenvalue weighted by Gasteiger charge is 2.17. The van der Waals surface area contributed by atoms with E-state index < -0.39 is 11.9 Å². The first-order valence-electron chi connectivity index (χ1n) is 10.4. The molecule has 3 aromatic carbocycles. The highest BCUT2D eigenvalue weighted by atomic mass is 35.5. The van der Waals surface area contributed by atoms with E-state index in [-0.39, 0.29) is 18.7 Å². The van der Waals surface area contributed by atoms with Crippen LogP contribution in [0.3, 0.4) is 0 Å². The van der Waals surface area contributed by atoms with Crippen LogP contribution in [0.15, 0.2) is 72.9 Å². The molecule has 2 heterocycles. The highest BCUT2D eigenvalue weighted by molar-refractivity contribution is 6.42. The second-order valence-electron chi connectivity index (χ2n) is 7.80. The lowest BCUT2D eigenvalue weighted by atomic mass is 10.1. The van der Waals surface area contributed by atoms with Gasteiger partial charge in [-0.1, -0.05) is 58.7 Å². The molecule has 5 aromatic rings. The fourth-order valence-electron chi connectivity index (χ4n) is 3.93. The first kappa shape index (κ1) is 22.3. The van der Waals surface area contributed by atoms with Gasteiger partial charge in [-0.25, -0.2) is 9.07 Å². The lowest BCUT2D eigenvalue weighted by Crippen LogP contribution is -2.27. The minimum atomic E-state index is -0.898. The van der Waals surface area contributed by atoms with Crippen LogP contribution in [-0.4, -0.2) is 29.2 Å². The molecule has 0 aliphatic carbocycles. The van der Waals surface area contributed by atoms with Crippen LogP contribution in [0, 0.1) is 11.2 Å². The van der Waals surface area contributed by atoms with Gasteiger partial charge in [0.2, 0.25) is 5.62 Å². The summed E-state index contributed by atoms with van der Waals surface area (Å²) in [5.74, 6) is -0.402. The fourth-order valence-corrected chi connectivity index (χ4v) is 4.23. The standard InChI is InChI=1S/C24H19Cl2FN6O/c25-17-10-9-15(11-18(17)26)23(34)14-32-22-8-4-3-7-21(22)31(24(32)28)12-16-13-33(30-29-16)20-6-2-1-5-19(20)27/h1-11,13,23,28,34H,12,14H2. The van der Waals surface area contributed by atoms with Gasteiger partial charge in [-0.2, -0.15) is 0 Å². The minimum absolute atomic E-state index is 0.145. The molecule has 0 spiro atoms. The molecule has 1 unspecified atom stereocenters. The van der Waals surface area contributed by atoms with E-state index in [2.05, 4.69) is 10.3 Å². The van der Waals surface area contributed by atoms with Crippen LogP contribution in [0.1, 0.15) is 17.4 Å². The molecule has 0 saturated heterocycles. The van der Waals surface area contributed by atoms with Crippen molar-refractivity contribution >= 4 is 34.2 Å². The molecule has 0 bridgehead atoms. The molecule has 2 aromatic heterocycles. The van der Waals surface area contributed by atoms with E-state index in [1.807, 2.05) is 24.3 Å². The molecule has 172 valence electrons. The molecule has 10 heteroatoms. The van der Waals surface area contributed by atoms with E-state index in [0.717, 1.165) is 11.0 Å². The van der Waals surface area contributed by atoms with E-state index >= 15 is 0 Å². The molecule has 0 aliphatic heterocycles. The Morgan fingerprint density at radius 1 is 0.941 bits per heavy atom. The molecule has 5 rings (SSSR count). The average Bonchev–Trinajstić information content (AvgIpc) is 3.40. The molecule has 1 atom stereocenters. The topological polar surface area (TPSA) is 84.7 Å². The van der Waals surface area contributed by atoms with Gasteiger partial charge in [0.25, 0.3) is 0 Å². The van der Waals surface area contributed by atoms with Crippen molar-refractivity contribution in [2.24, 2.45) is 0 Å². The average molecular weight is 497 g/mol. The lowest BCUT2D eigenvalue weighted by molar-refractivity contribution is 0.155. The normalized spacial score (nSPS) is 12.4. The molecule has 34 heavy (non-hydrogen) atoms. The smallest absolute Gasteiger partial charge is 0.203 e. The van der Waals surface area contributed by atoms with Gasteiger partial charge in [0, 0.05) is 0 Å². The summed E-state index contributed by atoms with van der Waals surface area (Å²) >= 11 is 12.1. The van der Waals surface area contributed by atoms with E-state index in [1.165, 1.54) is 10.7 Å². The zero-order chi connectivity index (χ0) is 23.8. The number of imidazole rings is 1. The quantitative estimate of drug-likeness (QED) is 0.356. The van der Waals surface area contributed by atoms with E-state index in [0.29, 0.717) is 27.0 Å². The van der Waals surface area contributed by atoms with Gasteiger partial charge < -0.3 is 14.2 Å². The zero-order valence-corrected chi connectivity index (χ0v) is 19.2. The Balaban J connectivity index is 1.49. The molecular formula is C24H19Cl2FN6O. The monoisotopic (exact) mass is 496 g/mol. The van der Waals surface area contributed by atoms with Crippen molar-refractivity contribution in [1.82, 2.24) is 24.1 Å². The number of hydrogen-bond acceptors (Lipinski definition) is 4. The van der Waals surface area contributed by atoms with E-state index in [1.54, 1.807) is 51.7 Å². The number of para-hydroxylation sites is 3. The van der Waals surface area contributed by atoms with Gasteiger partial charge in [0.05, 0.1) is 46.5 Å². The number of halogens is 3. The molecule has 0 radical (unpaired) electrons. The van der Waals surface area contributed by atoms with Crippen LogP contribution in [0.5, 0.6) is 0 Å². The number of rotatable bonds is 6. The minimum Gasteiger partial charge on any atom is -0.387 e. The van der Waals surface area contributed by atoms with Crippen molar-refractivity contribution in [2.75, 3.05) is 0 Å². The van der Waals surface area contributed by atoms with Gasteiger partial charge in [0.1, 0.15) is 17.2 Å². The Morgan fingerprint density at radius 2 is 1.65 bits per heavy atom. The summed E-state index contributed by atoms with van der Waals surface area (Å²) in [7, 11) is 0. The van der Waals surface area contributed by atoms with Crippen LogP contribution in [0.4, 0.5) is 4.39 Å². The Morgan fingerprint density at radius 3 is 2.38 bits per heavy atom. The highest BCUT2D eigenvalue weighted by Crippen LogP contribution is 2.27. The number of fused-ring (bicyclic) bond motifs is 1. The lowest BCUT2D eigenvalue weighted by Gasteiger charge is -2.13. The van der Waals surface area contributed by atoms with Crippen molar-refractivity contribution in [3.05, 3.63) is 106 Å². The van der Waals surface area contributed by atoms with Crippen LogP contribution in [-0.2, 0) is 13.1 Å². The number of aliphatic hydroxyl groups is 1. The summed E-state index contributed by atoms with van der Waals surface area (Å²) in [6.07, 6.45) is 0.742. The summed E-state index contributed by atoms with van der Waals surface area (Å²) in [5, 5.41) is 28.6. The third-order valence-corrected chi connectivity index (χ3v) is 6.36. The zero-order valence-electron chi connectivity index (χ0n) is 17.7. The molecule has 0 fully saturated rings. The summed E-state index contributed by atoms with van der Waals surface area (Å²) in [6, 6.07) is 18.8. The second-order valence-corrected chi connectivity index (χ2v) is 8.62. The maximum absolute atomic E-state index is 14.1. The summed E-state index contributed by atoms with van der Waals surface area (Å²) in [6.45, 7) is 0.399. The van der Waals surface area contributed by atoms with Crippen molar-refractivity contribution in [3.63, 3.8) is 0 Å². The Bertz CT molecular complexity index is 1560. The number of nitrogens with one attached hydrogen (secondary N) is 1. The third kappa shape index (κ3) is 4.11. The molecule has 0 saturated carbocycles. The van der Waals surface area contributed by atoms with Crippen LogP contribution in [0.25, 0.3) is 16.7 Å². The van der Waals surface area contributed by atoms with Gasteiger partial charge in [-0.3, -0.25) is 5.41 Å². The largest absolute Gasteiger partial charge is 0.387 e. The van der Waals surface area contributed by atoms with Gasteiger partial charge in [-0.05, 0) is 42.0 Å². The third-order valence-electron chi connectivity index (χ3n) is 5.62. The predicted molar refractivity (Wildman–Crippen MR) is 128 cm³/mol. The summed E-state index contributed by atoms with van der Waals surface area (Å²) in [5.41, 5.74) is 3.23.